The van der Waals surface area contributed by atoms with Crippen molar-refractivity contribution >= 4 is 23.9 Å². The molecule has 160 valence electrons. The molecule has 28 heavy (non-hydrogen) atoms. The molecule has 0 aliphatic carbocycles. The molecule has 1 fully saturated rings. The van der Waals surface area contributed by atoms with Gasteiger partial charge < -0.3 is 20.1 Å². The van der Waals surface area contributed by atoms with Crippen LogP contribution in [0.15, 0.2) is 0 Å². The van der Waals surface area contributed by atoms with Crippen LogP contribution in [-0.2, 0) is 23.9 Å². The molecule has 1 rings (SSSR count). The van der Waals surface area contributed by atoms with Gasteiger partial charge in [0.1, 0.15) is 24.2 Å². The van der Waals surface area contributed by atoms with Crippen LogP contribution in [0.25, 0.3) is 0 Å². The van der Waals surface area contributed by atoms with Crippen LogP contribution in [0, 0.1) is 5.92 Å². The highest BCUT2D eigenvalue weighted by atomic mass is 16.6. The quantitative estimate of drug-likeness (QED) is 0.622. The Morgan fingerprint density at radius 1 is 1.18 bits per heavy atom. The Hall–Kier alpha value is -2.32. The SMILES string of the molecule is COC(=O)CNC(=O)C(CC(C)C)NC(=O)C1CCCN1C(=O)OC(C)(C)C. The van der Waals surface area contributed by atoms with Gasteiger partial charge in [-0.2, -0.15) is 0 Å². The number of carbonyl (C=O) groups is 4. The molecule has 1 aliphatic heterocycles. The van der Waals surface area contributed by atoms with Gasteiger partial charge in [0.2, 0.25) is 11.8 Å². The van der Waals surface area contributed by atoms with Crippen molar-refractivity contribution in [3.05, 3.63) is 0 Å². The molecular weight excluding hydrogens is 366 g/mol. The van der Waals surface area contributed by atoms with E-state index in [9.17, 15) is 19.2 Å². The van der Waals surface area contributed by atoms with Gasteiger partial charge >= 0.3 is 12.1 Å². The summed E-state index contributed by atoms with van der Waals surface area (Å²) in [6.07, 6.45) is 1.04. The van der Waals surface area contributed by atoms with Gasteiger partial charge in [-0.05, 0) is 46.0 Å². The molecule has 0 spiro atoms. The molecule has 1 aliphatic rings. The van der Waals surface area contributed by atoms with Gasteiger partial charge in [0, 0.05) is 6.54 Å². The van der Waals surface area contributed by atoms with Crippen LogP contribution < -0.4 is 10.6 Å². The monoisotopic (exact) mass is 399 g/mol. The summed E-state index contributed by atoms with van der Waals surface area (Å²) < 4.78 is 9.88. The number of rotatable bonds is 7. The van der Waals surface area contributed by atoms with Gasteiger partial charge in [0.15, 0.2) is 0 Å². The van der Waals surface area contributed by atoms with E-state index in [1.807, 2.05) is 13.8 Å². The Balaban J connectivity index is 2.78. The highest BCUT2D eigenvalue weighted by Crippen LogP contribution is 2.21. The van der Waals surface area contributed by atoms with Crippen LogP contribution in [-0.4, -0.2) is 66.7 Å². The van der Waals surface area contributed by atoms with Gasteiger partial charge in [-0.1, -0.05) is 13.8 Å². The lowest BCUT2D eigenvalue weighted by atomic mass is 10.0. The molecule has 0 aromatic rings. The Morgan fingerprint density at radius 3 is 2.36 bits per heavy atom. The number of nitrogens with one attached hydrogen (secondary N) is 2. The van der Waals surface area contributed by atoms with Gasteiger partial charge in [0.25, 0.3) is 0 Å². The molecule has 0 saturated carbocycles. The molecule has 1 saturated heterocycles. The maximum absolute atomic E-state index is 12.8. The first-order valence-corrected chi connectivity index (χ1v) is 9.59. The predicted molar refractivity (Wildman–Crippen MR) is 102 cm³/mol. The minimum absolute atomic E-state index is 0.139. The van der Waals surface area contributed by atoms with Gasteiger partial charge in [-0.3, -0.25) is 19.3 Å². The van der Waals surface area contributed by atoms with Gasteiger partial charge in [-0.25, -0.2) is 4.79 Å². The summed E-state index contributed by atoms with van der Waals surface area (Å²) in [5.74, 6) is -1.30. The highest BCUT2D eigenvalue weighted by molar-refractivity contribution is 5.92. The minimum atomic E-state index is -0.807. The zero-order valence-corrected chi connectivity index (χ0v) is 17.7. The molecule has 9 heteroatoms. The van der Waals surface area contributed by atoms with Crippen LogP contribution in [0.2, 0.25) is 0 Å². The third kappa shape index (κ3) is 7.74. The molecule has 0 aromatic heterocycles. The second-order valence-electron chi connectivity index (χ2n) is 8.32. The second kappa shape index (κ2) is 10.3. The Bertz CT molecular complexity index is 585. The fourth-order valence-corrected chi connectivity index (χ4v) is 2.90. The van der Waals surface area contributed by atoms with Crippen LogP contribution in [0.3, 0.4) is 0 Å². The fraction of sp³-hybridized carbons (Fsp3) is 0.789. The number of hydrogen-bond donors (Lipinski definition) is 2. The van der Waals surface area contributed by atoms with Crippen molar-refractivity contribution in [1.29, 1.82) is 0 Å². The number of amides is 3. The third-order valence-electron chi connectivity index (χ3n) is 4.16. The molecular formula is C19H33N3O6. The number of ether oxygens (including phenoxy) is 2. The smallest absolute Gasteiger partial charge is 0.410 e. The van der Waals surface area contributed by atoms with E-state index in [0.717, 1.165) is 0 Å². The van der Waals surface area contributed by atoms with Crippen LogP contribution in [0.1, 0.15) is 53.9 Å². The number of hydrogen-bond acceptors (Lipinski definition) is 6. The first-order chi connectivity index (χ1) is 12.9. The van der Waals surface area contributed by atoms with Crippen LogP contribution in [0.5, 0.6) is 0 Å². The number of likely N-dealkylation sites (tertiary alicyclic amines) is 1. The zero-order chi connectivity index (χ0) is 21.5. The van der Waals surface area contributed by atoms with Crippen LogP contribution >= 0.6 is 0 Å². The third-order valence-corrected chi connectivity index (χ3v) is 4.16. The van der Waals surface area contributed by atoms with Crippen molar-refractivity contribution in [2.75, 3.05) is 20.2 Å². The van der Waals surface area contributed by atoms with Crippen molar-refractivity contribution < 1.29 is 28.7 Å². The normalized spacial score (nSPS) is 17.8. The Labute approximate surface area is 166 Å². The molecule has 2 atom stereocenters. The van der Waals surface area contributed by atoms with Crippen molar-refractivity contribution in [2.45, 2.75) is 71.6 Å². The number of methoxy groups -OCH3 is 1. The molecule has 3 amide bonds. The summed E-state index contributed by atoms with van der Waals surface area (Å²) >= 11 is 0. The van der Waals surface area contributed by atoms with E-state index in [0.29, 0.717) is 25.8 Å². The average molecular weight is 399 g/mol. The van der Waals surface area contributed by atoms with E-state index < -0.39 is 41.6 Å². The Morgan fingerprint density at radius 2 is 1.82 bits per heavy atom. The van der Waals surface area contributed by atoms with Crippen molar-refractivity contribution in [3.8, 4) is 0 Å². The van der Waals surface area contributed by atoms with E-state index in [-0.39, 0.29) is 12.5 Å². The fourth-order valence-electron chi connectivity index (χ4n) is 2.90. The average Bonchev–Trinajstić information content (AvgIpc) is 3.06. The van der Waals surface area contributed by atoms with Gasteiger partial charge in [0.05, 0.1) is 7.11 Å². The first kappa shape index (κ1) is 23.7. The maximum atomic E-state index is 12.8. The van der Waals surface area contributed by atoms with E-state index in [4.69, 9.17) is 4.74 Å². The zero-order valence-electron chi connectivity index (χ0n) is 17.7. The van der Waals surface area contributed by atoms with E-state index in [1.54, 1.807) is 20.8 Å². The largest absolute Gasteiger partial charge is 0.468 e. The van der Waals surface area contributed by atoms with Crippen molar-refractivity contribution in [2.24, 2.45) is 5.92 Å². The lowest BCUT2D eigenvalue weighted by molar-refractivity contribution is -0.141. The molecule has 0 aromatic carbocycles. The lowest BCUT2D eigenvalue weighted by Gasteiger charge is -2.29. The summed E-state index contributed by atoms with van der Waals surface area (Å²) in [7, 11) is 1.23. The topological polar surface area (TPSA) is 114 Å². The predicted octanol–water partition coefficient (Wildman–Crippen LogP) is 1.21. The van der Waals surface area contributed by atoms with Gasteiger partial charge in [-0.15, -0.1) is 0 Å². The first-order valence-electron chi connectivity index (χ1n) is 9.59. The highest BCUT2D eigenvalue weighted by Gasteiger charge is 2.38. The lowest BCUT2D eigenvalue weighted by Crippen LogP contribution is -2.54. The standard InChI is InChI=1S/C19H33N3O6/c1-12(2)10-13(16(24)20-11-15(23)27-6)21-17(25)14-8-7-9-22(14)18(26)28-19(3,4)5/h12-14H,7-11H2,1-6H3,(H,20,24)(H,21,25). The van der Waals surface area contributed by atoms with Crippen molar-refractivity contribution in [1.82, 2.24) is 15.5 Å². The summed E-state index contributed by atoms with van der Waals surface area (Å²) in [6, 6.07) is -1.49. The maximum Gasteiger partial charge on any atom is 0.410 e. The second-order valence-corrected chi connectivity index (χ2v) is 8.32. The molecule has 0 bridgehead atoms. The molecule has 1 heterocycles. The van der Waals surface area contributed by atoms with E-state index in [2.05, 4.69) is 15.4 Å². The summed E-state index contributed by atoms with van der Waals surface area (Å²) in [5.41, 5.74) is -0.658. The van der Waals surface area contributed by atoms with E-state index >= 15 is 0 Å². The summed E-state index contributed by atoms with van der Waals surface area (Å²) in [4.78, 5) is 50.2. The number of nitrogens with zero attached hydrogens (tertiary/aromatic N) is 1. The Kier molecular flexibility index (Phi) is 8.71. The molecule has 2 N–H and O–H groups in total. The molecule has 2 unspecified atom stereocenters. The molecule has 9 nitrogen and oxygen atoms in total. The summed E-state index contributed by atoms with van der Waals surface area (Å²) in [6.45, 7) is 9.30. The summed E-state index contributed by atoms with van der Waals surface area (Å²) in [5, 5.41) is 5.19. The minimum Gasteiger partial charge on any atom is -0.468 e. The number of esters is 1. The van der Waals surface area contributed by atoms with E-state index in [1.165, 1.54) is 12.0 Å². The van der Waals surface area contributed by atoms with Crippen LogP contribution in [0.4, 0.5) is 4.79 Å². The number of carbonyl (C=O) groups excluding carboxylic acids is 4. The molecule has 0 radical (unpaired) electrons. The van der Waals surface area contributed by atoms with Crippen molar-refractivity contribution in [3.63, 3.8) is 0 Å².